The zero-order valence-electron chi connectivity index (χ0n) is 12.3. The van der Waals surface area contributed by atoms with Crippen molar-refractivity contribution in [1.29, 1.82) is 0 Å². The van der Waals surface area contributed by atoms with E-state index < -0.39 is 0 Å². The van der Waals surface area contributed by atoms with Crippen LogP contribution >= 0.6 is 27.7 Å². The molecule has 0 radical (unpaired) electrons. The summed E-state index contributed by atoms with van der Waals surface area (Å²) < 4.78 is 7.55. The van der Waals surface area contributed by atoms with Crippen molar-refractivity contribution in [1.82, 2.24) is 19.8 Å². The molecule has 1 fully saturated rings. The van der Waals surface area contributed by atoms with Gasteiger partial charge in [-0.1, -0.05) is 39.8 Å². The molecule has 0 aliphatic carbocycles. The molecule has 1 aliphatic rings. The number of amides is 1. The molecule has 2 aromatic rings. The Morgan fingerprint density at radius 1 is 1.30 bits per heavy atom. The maximum absolute atomic E-state index is 12.2. The van der Waals surface area contributed by atoms with E-state index in [0.717, 1.165) is 10.0 Å². The van der Waals surface area contributed by atoms with Crippen LogP contribution in [0.2, 0.25) is 0 Å². The number of rotatable bonds is 4. The van der Waals surface area contributed by atoms with E-state index >= 15 is 0 Å². The number of hydrogen-bond acceptors (Lipinski definition) is 6. The van der Waals surface area contributed by atoms with Crippen LogP contribution in [-0.4, -0.2) is 57.7 Å². The van der Waals surface area contributed by atoms with E-state index in [2.05, 4.69) is 26.1 Å². The Balaban J connectivity index is 1.68. The highest BCUT2D eigenvalue weighted by atomic mass is 79.9. The van der Waals surface area contributed by atoms with Gasteiger partial charge in [-0.2, -0.15) is 0 Å². The highest BCUT2D eigenvalue weighted by Crippen LogP contribution is 2.27. The van der Waals surface area contributed by atoms with E-state index in [1.165, 1.54) is 16.4 Å². The Morgan fingerprint density at radius 3 is 2.78 bits per heavy atom. The minimum Gasteiger partial charge on any atom is -0.378 e. The fourth-order valence-electron chi connectivity index (χ4n) is 2.23. The monoisotopic (exact) mass is 397 g/mol. The summed E-state index contributed by atoms with van der Waals surface area (Å²) in [6.07, 6.45) is 0. The molecule has 0 unspecified atom stereocenters. The van der Waals surface area contributed by atoms with Crippen molar-refractivity contribution in [2.45, 2.75) is 5.16 Å². The first-order chi connectivity index (χ1) is 11.2. The summed E-state index contributed by atoms with van der Waals surface area (Å²) in [6, 6.07) is 7.65. The van der Waals surface area contributed by atoms with E-state index in [0.29, 0.717) is 37.3 Å². The standard InChI is InChI=1S/C14H16BrN5O2S/c15-11-4-2-1-3-10(11)13-17-18-14(20(13)16)23-9-12(21)19-5-7-22-8-6-19/h1-4H,5-9,16H2. The summed E-state index contributed by atoms with van der Waals surface area (Å²) >= 11 is 4.76. The summed E-state index contributed by atoms with van der Waals surface area (Å²) in [5, 5.41) is 8.73. The SMILES string of the molecule is Nn1c(SCC(=O)N2CCOCC2)nnc1-c1ccccc1Br. The number of ether oxygens (including phenoxy) is 1. The predicted molar refractivity (Wildman–Crippen MR) is 91.4 cm³/mol. The zero-order chi connectivity index (χ0) is 16.2. The molecule has 3 rings (SSSR count). The molecule has 0 atom stereocenters. The minimum absolute atomic E-state index is 0.0590. The first kappa shape index (κ1) is 16.3. The summed E-state index contributed by atoms with van der Waals surface area (Å²) in [7, 11) is 0. The number of nitrogens with two attached hydrogens (primary N) is 1. The molecule has 1 saturated heterocycles. The van der Waals surface area contributed by atoms with Gasteiger partial charge in [-0.05, 0) is 12.1 Å². The lowest BCUT2D eigenvalue weighted by molar-refractivity contribution is -0.132. The number of nitrogens with zero attached hydrogens (tertiary/aromatic N) is 4. The Morgan fingerprint density at radius 2 is 2.04 bits per heavy atom. The van der Waals surface area contributed by atoms with E-state index in [9.17, 15) is 4.79 Å². The van der Waals surface area contributed by atoms with Crippen molar-refractivity contribution in [3.63, 3.8) is 0 Å². The van der Waals surface area contributed by atoms with Crippen LogP contribution in [0.1, 0.15) is 0 Å². The summed E-state index contributed by atoms with van der Waals surface area (Å²) in [4.78, 5) is 14.0. The maximum Gasteiger partial charge on any atom is 0.233 e. The van der Waals surface area contributed by atoms with Crippen LogP contribution in [0.25, 0.3) is 11.4 Å². The average Bonchev–Trinajstić information content (AvgIpc) is 2.94. The van der Waals surface area contributed by atoms with Gasteiger partial charge in [-0.15, -0.1) is 10.2 Å². The van der Waals surface area contributed by atoms with E-state index in [1.807, 2.05) is 24.3 Å². The molecule has 122 valence electrons. The second kappa shape index (κ2) is 7.33. The lowest BCUT2D eigenvalue weighted by atomic mass is 10.2. The number of benzene rings is 1. The summed E-state index contributed by atoms with van der Waals surface area (Å²) in [6.45, 7) is 2.46. The number of aromatic nitrogens is 3. The second-order valence-electron chi connectivity index (χ2n) is 4.94. The Hall–Kier alpha value is -1.58. The summed E-state index contributed by atoms with van der Waals surface area (Å²) in [5.41, 5.74) is 0.855. The third-order valence-electron chi connectivity index (χ3n) is 3.47. The fraction of sp³-hybridized carbons (Fsp3) is 0.357. The first-order valence-electron chi connectivity index (χ1n) is 7.10. The van der Waals surface area contributed by atoms with Crippen LogP contribution in [0.5, 0.6) is 0 Å². The molecule has 1 amide bonds. The zero-order valence-corrected chi connectivity index (χ0v) is 14.7. The molecule has 7 nitrogen and oxygen atoms in total. The van der Waals surface area contributed by atoms with Gasteiger partial charge in [0.2, 0.25) is 11.1 Å². The number of hydrogen-bond donors (Lipinski definition) is 1. The molecule has 0 bridgehead atoms. The number of nitrogen functional groups attached to an aromatic ring is 1. The van der Waals surface area contributed by atoms with Crippen molar-refractivity contribution in [2.24, 2.45) is 0 Å². The topological polar surface area (TPSA) is 86.3 Å². The molecular weight excluding hydrogens is 382 g/mol. The third kappa shape index (κ3) is 3.67. The minimum atomic E-state index is 0.0590. The fourth-order valence-corrected chi connectivity index (χ4v) is 3.45. The molecule has 2 heterocycles. The molecular formula is C14H16BrN5O2S. The quantitative estimate of drug-likeness (QED) is 0.619. The molecule has 0 spiro atoms. The number of morpholine rings is 1. The van der Waals surface area contributed by atoms with Crippen LogP contribution in [0, 0.1) is 0 Å². The number of carbonyl (C=O) groups is 1. The van der Waals surface area contributed by atoms with E-state index in [-0.39, 0.29) is 11.7 Å². The van der Waals surface area contributed by atoms with Gasteiger partial charge in [-0.25, -0.2) is 4.68 Å². The van der Waals surface area contributed by atoms with E-state index in [1.54, 1.807) is 4.90 Å². The number of thioether (sulfide) groups is 1. The predicted octanol–water partition coefficient (Wildman–Crippen LogP) is 1.37. The molecule has 2 N–H and O–H groups in total. The van der Waals surface area contributed by atoms with Crippen molar-refractivity contribution >= 4 is 33.6 Å². The van der Waals surface area contributed by atoms with Gasteiger partial charge < -0.3 is 15.5 Å². The summed E-state index contributed by atoms with van der Waals surface area (Å²) in [5.74, 6) is 6.97. The van der Waals surface area contributed by atoms with Gasteiger partial charge in [0.25, 0.3) is 0 Å². The third-order valence-corrected chi connectivity index (χ3v) is 5.09. The molecule has 9 heteroatoms. The van der Waals surface area contributed by atoms with Crippen molar-refractivity contribution < 1.29 is 9.53 Å². The van der Waals surface area contributed by atoms with Crippen LogP contribution in [0.15, 0.2) is 33.9 Å². The van der Waals surface area contributed by atoms with Gasteiger partial charge in [0.15, 0.2) is 5.82 Å². The molecule has 1 aromatic heterocycles. The smallest absolute Gasteiger partial charge is 0.233 e. The largest absolute Gasteiger partial charge is 0.378 e. The van der Waals surface area contributed by atoms with Crippen LogP contribution in [0.4, 0.5) is 0 Å². The normalized spacial score (nSPS) is 14.9. The highest BCUT2D eigenvalue weighted by Gasteiger charge is 2.19. The highest BCUT2D eigenvalue weighted by molar-refractivity contribution is 9.10. The van der Waals surface area contributed by atoms with Crippen molar-refractivity contribution in [3.8, 4) is 11.4 Å². The van der Waals surface area contributed by atoms with E-state index in [4.69, 9.17) is 10.6 Å². The first-order valence-corrected chi connectivity index (χ1v) is 8.88. The Bertz CT molecular complexity index is 702. The van der Waals surface area contributed by atoms with Gasteiger partial charge in [-0.3, -0.25) is 4.79 Å². The van der Waals surface area contributed by atoms with Crippen LogP contribution < -0.4 is 5.84 Å². The van der Waals surface area contributed by atoms with Crippen molar-refractivity contribution in [2.75, 3.05) is 37.9 Å². The van der Waals surface area contributed by atoms with Gasteiger partial charge >= 0.3 is 0 Å². The average molecular weight is 398 g/mol. The molecule has 1 aromatic carbocycles. The number of halogens is 1. The Labute approximate surface area is 146 Å². The molecule has 0 saturated carbocycles. The second-order valence-corrected chi connectivity index (χ2v) is 6.73. The maximum atomic E-state index is 12.2. The lowest BCUT2D eigenvalue weighted by Gasteiger charge is -2.26. The molecule has 1 aliphatic heterocycles. The van der Waals surface area contributed by atoms with Crippen molar-refractivity contribution in [3.05, 3.63) is 28.7 Å². The molecule has 23 heavy (non-hydrogen) atoms. The van der Waals surface area contributed by atoms with Gasteiger partial charge in [0.05, 0.1) is 19.0 Å². The van der Waals surface area contributed by atoms with Gasteiger partial charge in [0, 0.05) is 23.1 Å². The van der Waals surface area contributed by atoms with Crippen LogP contribution in [0.3, 0.4) is 0 Å². The Kier molecular flexibility index (Phi) is 5.19. The van der Waals surface area contributed by atoms with Gasteiger partial charge in [0.1, 0.15) is 0 Å². The van der Waals surface area contributed by atoms with Crippen LogP contribution in [-0.2, 0) is 9.53 Å². The number of carbonyl (C=O) groups excluding carboxylic acids is 1. The lowest BCUT2D eigenvalue weighted by Crippen LogP contribution is -2.41.